The summed E-state index contributed by atoms with van der Waals surface area (Å²) in [5, 5.41) is 10.6. The van der Waals surface area contributed by atoms with E-state index in [1.165, 1.54) is 5.56 Å². The largest absolute Gasteiger partial charge is 0.362 e. The number of nitrogens with zero attached hydrogens (tertiary/aromatic N) is 3. The van der Waals surface area contributed by atoms with E-state index in [1.807, 2.05) is 55.4 Å². The average molecular weight is 447 g/mol. The second-order valence-electron chi connectivity index (χ2n) is 9.02. The Hall–Kier alpha value is -3.35. The zero-order chi connectivity index (χ0) is 23.0. The summed E-state index contributed by atoms with van der Waals surface area (Å²) in [5.74, 6) is 2.13. The summed E-state index contributed by atoms with van der Waals surface area (Å²) in [4.78, 5) is 23.6. The van der Waals surface area contributed by atoms with Crippen LogP contribution in [-0.4, -0.2) is 49.2 Å². The Morgan fingerprint density at radius 1 is 0.939 bits per heavy atom. The van der Waals surface area contributed by atoms with Crippen LogP contribution in [0.15, 0.2) is 54.6 Å². The molecule has 1 saturated carbocycles. The fraction of sp³-hybridized carbons (Fsp3) is 0.423. The number of hydrogen-bond acceptors (Lipinski definition) is 5. The molecule has 1 fully saturated rings. The van der Waals surface area contributed by atoms with E-state index in [1.54, 1.807) is 0 Å². The molecule has 1 aliphatic rings. The van der Waals surface area contributed by atoms with E-state index in [4.69, 9.17) is 9.97 Å². The quantitative estimate of drug-likeness (QED) is 0.483. The van der Waals surface area contributed by atoms with E-state index in [0.29, 0.717) is 24.5 Å². The van der Waals surface area contributed by atoms with Crippen molar-refractivity contribution in [2.45, 2.75) is 38.1 Å². The molecular weight excluding hydrogens is 412 g/mol. The Morgan fingerprint density at radius 3 is 2.42 bits per heavy atom. The minimum absolute atomic E-state index is 0.0769. The molecular formula is C26H34N6O. The fourth-order valence-corrected chi connectivity index (χ4v) is 4.42. The number of benzene rings is 2. The monoisotopic (exact) mass is 446 g/mol. The van der Waals surface area contributed by atoms with Crippen molar-refractivity contribution in [3.8, 4) is 0 Å². The highest BCUT2D eigenvalue weighted by Gasteiger charge is 2.22. The van der Waals surface area contributed by atoms with Crippen LogP contribution in [-0.2, 0) is 6.42 Å². The molecule has 3 N–H and O–H groups in total. The minimum atomic E-state index is -0.0769. The Morgan fingerprint density at radius 2 is 1.67 bits per heavy atom. The molecule has 2 amide bonds. The summed E-state index contributed by atoms with van der Waals surface area (Å²) in [6.45, 7) is 1.37. The number of nitrogens with one attached hydrogen (secondary N) is 3. The van der Waals surface area contributed by atoms with Crippen molar-refractivity contribution >= 4 is 28.7 Å². The van der Waals surface area contributed by atoms with Crippen LogP contribution in [0.5, 0.6) is 0 Å². The number of amides is 2. The van der Waals surface area contributed by atoms with Gasteiger partial charge in [0.25, 0.3) is 0 Å². The molecule has 2 aromatic carbocycles. The summed E-state index contributed by atoms with van der Waals surface area (Å²) >= 11 is 0. The van der Waals surface area contributed by atoms with E-state index in [2.05, 4.69) is 34.1 Å². The molecule has 7 heteroatoms. The van der Waals surface area contributed by atoms with E-state index < -0.39 is 0 Å². The van der Waals surface area contributed by atoms with Gasteiger partial charge in [-0.1, -0.05) is 42.5 Å². The zero-order valence-corrected chi connectivity index (χ0v) is 19.6. The van der Waals surface area contributed by atoms with Crippen molar-refractivity contribution in [1.82, 2.24) is 20.6 Å². The minimum Gasteiger partial charge on any atom is -0.362 e. The van der Waals surface area contributed by atoms with Gasteiger partial charge in [0, 0.05) is 38.6 Å². The van der Waals surface area contributed by atoms with Gasteiger partial charge in [0.1, 0.15) is 5.82 Å². The molecule has 0 spiro atoms. The van der Waals surface area contributed by atoms with E-state index >= 15 is 0 Å². The lowest BCUT2D eigenvalue weighted by Crippen LogP contribution is -2.40. The van der Waals surface area contributed by atoms with Gasteiger partial charge in [0.2, 0.25) is 5.95 Å². The third-order valence-corrected chi connectivity index (χ3v) is 6.28. The SMILES string of the molecule is CN(C)c1nc(NC2CCC(CNC(=O)NCCc3ccccc3)CC2)nc2ccccc12. The van der Waals surface area contributed by atoms with Crippen molar-refractivity contribution in [2.24, 2.45) is 5.92 Å². The smallest absolute Gasteiger partial charge is 0.314 e. The Kier molecular flexibility index (Phi) is 7.60. The average Bonchev–Trinajstić information content (AvgIpc) is 2.84. The first-order valence-electron chi connectivity index (χ1n) is 11.8. The Bertz CT molecular complexity index is 1050. The third kappa shape index (κ3) is 6.34. The molecule has 1 aromatic heterocycles. The van der Waals surface area contributed by atoms with Gasteiger partial charge in [-0.25, -0.2) is 9.78 Å². The van der Waals surface area contributed by atoms with Crippen molar-refractivity contribution < 1.29 is 4.79 Å². The maximum Gasteiger partial charge on any atom is 0.314 e. The van der Waals surface area contributed by atoms with Crippen molar-refractivity contribution in [3.05, 3.63) is 60.2 Å². The number of carbonyl (C=O) groups excluding carboxylic acids is 1. The van der Waals surface area contributed by atoms with E-state index in [9.17, 15) is 4.79 Å². The van der Waals surface area contributed by atoms with E-state index in [0.717, 1.165) is 55.4 Å². The molecule has 0 unspecified atom stereocenters. The molecule has 0 atom stereocenters. The predicted octanol–water partition coefficient (Wildman–Crippen LogP) is 4.21. The lowest BCUT2D eigenvalue weighted by molar-refractivity contribution is 0.236. The number of anilines is 2. The van der Waals surface area contributed by atoms with Crippen LogP contribution in [0.1, 0.15) is 31.2 Å². The summed E-state index contributed by atoms with van der Waals surface area (Å²) in [6, 6.07) is 18.6. The van der Waals surface area contributed by atoms with Crippen molar-refractivity contribution in [3.63, 3.8) is 0 Å². The predicted molar refractivity (Wildman–Crippen MR) is 135 cm³/mol. The maximum atomic E-state index is 12.1. The molecule has 4 rings (SSSR count). The molecule has 1 aliphatic carbocycles. The van der Waals surface area contributed by atoms with Crippen LogP contribution >= 0.6 is 0 Å². The van der Waals surface area contributed by atoms with E-state index in [-0.39, 0.29) is 6.03 Å². The van der Waals surface area contributed by atoms with Crippen LogP contribution in [0, 0.1) is 5.92 Å². The highest BCUT2D eigenvalue weighted by Crippen LogP contribution is 2.28. The number of aromatic nitrogens is 2. The number of fused-ring (bicyclic) bond motifs is 1. The maximum absolute atomic E-state index is 12.1. The van der Waals surface area contributed by atoms with Crippen molar-refractivity contribution in [2.75, 3.05) is 37.4 Å². The Balaban J connectivity index is 1.20. The van der Waals surface area contributed by atoms with Crippen LogP contribution in [0.25, 0.3) is 10.9 Å². The van der Waals surface area contributed by atoms with Gasteiger partial charge < -0.3 is 20.9 Å². The van der Waals surface area contributed by atoms with Gasteiger partial charge in [0.05, 0.1) is 5.52 Å². The molecule has 0 radical (unpaired) electrons. The number of rotatable bonds is 8. The number of carbonyl (C=O) groups is 1. The topological polar surface area (TPSA) is 82.2 Å². The lowest BCUT2D eigenvalue weighted by atomic mass is 9.86. The van der Waals surface area contributed by atoms with Gasteiger partial charge >= 0.3 is 6.03 Å². The van der Waals surface area contributed by atoms with Crippen LogP contribution in [0.4, 0.5) is 16.6 Å². The van der Waals surface area contributed by atoms with Gasteiger partial charge in [-0.2, -0.15) is 4.98 Å². The molecule has 1 heterocycles. The first kappa shape index (κ1) is 22.8. The first-order valence-corrected chi connectivity index (χ1v) is 11.8. The molecule has 33 heavy (non-hydrogen) atoms. The molecule has 3 aromatic rings. The van der Waals surface area contributed by atoms with Crippen LogP contribution in [0.3, 0.4) is 0 Å². The molecule has 0 saturated heterocycles. The Labute approximate surface area is 196 Å². The number of hydrogen-bond donors (Lipinski definition) is 3. The van der Waals surface area contributed by atoms with Crippen LogP contribution < -0.4 is 20.9 Å². The normalized spacial score (nSPS) is 18.0. The second-order valence-corrected chi connectivity index (χ2v) is 9.02. The third-order valence-electron chi connectivity index (χ3n) is 6.28. The van der Waals surface area contributed by atoms with Gasteiger partial charge in [-0.15, -0.1) is 0 Å². The van der Waals surface area contributed by atoms with Gasteiger partial charge in [0.15, 0.2) is 0 Å². The summed E-state index contributed by atoms with van der Waals surface area (Å²) in [5.41, 5.74) is 2.19. The number of para-hydroxylation sites is 1. The molecule has 0 bridgehead atoms. The standard InChI is InChI=1S/C26H34N6O/c1-32(2)24-22-10-6-7-11-23(22)30-25(31-24)29-21-14-12-20(13-15-21)18-28-26(33)27-17-16-19-8-4-3-5-9-19/h3-11,20-21H,12-18H2,1-2H3,(H2,27,28,33)(H,29,30,31). The number of urea groups is 1. The highest BCUT2D eigenvalue weighted by molar-refractivity contribution is 5.90. The lowest BCUT2D eigenvalue weighted by Gasteiger charge is -2.29. The molecule has 0 aliphatic heterocycles. The summed E-state index contributed by atoms with van der Waals surface area (Å²) in [6.07, 6.45) is 5.11. The van der Waals surface area contributed by atoms with Crippen molar-refractivity contribution in [1.29, 1.82) is 0 Å². The zero-order valence-electron chi connectivity index (χ0n) is 19.6. The van der Waals surface area contributed by atoms with Crippen LogP contribution in [0.2, 0.25) is 0 Å². The fourth-order valence-electron chi connectivity index (χ4n) is 4.42. The summed E-state index contributed by atoms with van der Waals surface area (Å²) < 4.78 is 0. The first-order chi connectivity index (χ1) is 16.1. The summed E-state index contributed by atoms with van der Waals surface area (Å²) in [7, 11) is 4.02. The molecule has 174 valence electrons. The molecule has 7 nitrogen and oxygen atoms in total. The second kappa shape index (κ2) is 11.0. The van der Waals surface area contributed by atoms with Gasteiger partial charge in [-0.05, 0) is 55.7 Å². The van der Waals surface area contributed by atoms with Gasteiger partial charge in [-0.3, -0.25) is 0 Å². The highest BCUT2D eigenvalue weighted by atomic mass is 16.2.